The van der Waals surface area contributed by atoms with E-state index in [2.05, 4.69) is 28.1 Å². The molecule has 33 heavy (non-hydrogen) atoms. The summed E-state index contributed by atoms with van der Waals surface area (Å²) in [4.78, 5) is 47.2. The molecule has 2 aromatic heterocycles. The smallest absolute Gasteiger partial charge is 0.387 e. The zero-order valence-corrected chi connectivity index (χ0v) is 17.6. The number of fused-ring (bicyclic) bond motifs is 1. The van der Waals surface area contributed by atoms with Gasteiger partial charge in [0.1, 0.15) is 30.2 Å². The highest BCUT2D eigenvalue weighted by Crippen LogP contribution is 2.66. The summed E-state index contributed by atoms with van der Waals surface area (Å²) >= 11 is 0. The highest BCUT2D eigenvalue weighted by Gasteiger charge is 2.47. The first-order valence-corrected chi connectivity index (χ1v) is 12.4. The van der Waals surface area contributed by atoms with Gasteiger partial charge in [0.25, 0.3) is 0 Å². The molecule has 1 fully saturated rings. The monoisotopic (exact) mass is 559 g/mol. The van der Waals surface area contributed by atoms with Gasteiger partial charge in [0.2, 0.25) is 0 Å². The molecule has 2 unspecified atom stereocenters. The lowest BCUT2D eigenvalue weighted by Crippen LogP contribution is -2.33. The van der Waals surface area contributed by atoms with Gasteiger partial charge in [-0.15, -0.1) is 0 Å². The van der Waals surface area contributed by atoms with Gasteiger partial charge in [0, 0.05) is 0 Å². The molecule has 1 aliphatic heterocycles. The molecular weight excluding hydrogens is 540 g/mol. The number of nitrogen functional groups attached to an aromatic ring is 1. The minimum absolute atomic E-state index is 0. The van der Waals surface area contributed by atoms with E-state index in [0.29, 0.717) is 0 Å². The van der Waals surface area contributed by atoms with Crippen LogP contribution in [0.4, 0.5) is 5.82 Å². The Labute approximate surface area is 216 Å². The number of imidazole rings is 1. The zero-order chi connectivity index (χ0) is 23.2. The Morgan fingerprint density at radius 3 is 2.24 bits per heavy atom. The van der Waals surface area contributed by atoms with Crippen LogP contribution in [0.1, 0.15) is 6.23 Å². The fourth-order valence-electron chi connectivity index (χ4n) is 2.62. The van der Waals surface area contributed by atoms with Crippen molar-refractivity contribution in [3.8, 4) is 0 Å². The fourth-order valence-corrected chi connectivity index (χ4v) is 5.65. The maximum atomic E-state index is 11.8. The Morgan fingerprint density at radius 2 is 1.64 bits per heavy atom. The number of ether oxygens (including phenoxy) is 1. The van der Waals surface area contributed by atoms with E-state index in [1.165, 1.54) is 10.9 Å². The van der Waals surface area contributed by atoms with Crippen molar-refractivity contribution in [2.24, 2.45) is 0 Å². The van der Waals surface area contributed by atoms with Gasteiger partial charge < -0.3 is 40.3 Å². The molecule has 0 aliphatic carbocycles. The van der Waals surface area contributed by atoms with Gasteiger partial charge >= 0.3 is 69.6 Å². The molecule has 0 amide bonds. The minimum Gasteiger partial charge on any atom is -0.387 e. The Morgan fingerprint density at radius 1 is 1.00 bits per heavy atom. The van der Waals surface area contributed by atoms with E-state index in [1.54, 1.807) is 0 Å². The van der Waals surface area contributed by atoms with E-state index in [9.17, 15) is 28.8 Å². The molecule has 18 nitrogen and oxygen atoms in total. The van der Waals surface area contributed by atoms with Gasteiger partial charge in [-0.2, -0.15) is 8.62 Å². The summed E-state index contributed by atoms with van der Waals surface area (Å²) in [5.41, 5.74) is 6.00. The third-order valence-corrected chi connectivity index (χ3v) is 7.62. The van der Waals surface area contributed by atoms with E-state index in [4.69, 9.17) is 25.2 Å². The Bertz CT molecular complexity index is 1120. The van der Waals surface area contributed by atoms with Gasteiger partial charge in [-0.3, -0.25) is 9.09 Å². The van der Waals surface area contributed by atoms with Crippen molar-refractivity contribution in [1.82, 2.24) is 19.5 Å². The normalized spacial score (nSPS) is 26.7. The van der Waals surface area contributed by atoms with Crippen molar-refractivity contribution in [2.45, 2.75) is 24.5 Å². The summed E-state index contributed by atoms with van der Waals surface area (Å²) in [5, 5.41) is 20.4. The second-order valence-electron chi connectivity index (χ2n) is 6.02. The number of anilines is 1. The van der Waals surface area contributed by atoms with Crippen LogP contribution in [0.2, 0.25) is 0 Å². The summed E-state index contributed by atoms with van der Waals surface area (Å²) in [6, 6.07) is 0. The topological polar surface area (TPSA) is 279 Å². The van der Waals surface area contributed by atoms with E-state index >= 15 is 0 Å². The van der Waals surface area contributed by atoms with Crippen LogP contribution in [0.15, 0.2) is 12.7 Å². The number of hydrogen-bond acceptors (Lipinski definition) is 13. The highest BCUT2D eigenvalue weighted by molar-refractivity contribution is 7.66. The molecule has 0 radical (unpaired) electrons. The molecule has 23 heteroatoms. The predicted octanol–water partition coefficient (Wildman–Crippen LogP) is -3.46. The van der Waals surface area contributed by atoms with Crippen LogP contribution in [0.5, 0.6) is 0 Å². The lowest BCUT2D eigenvalue weighted by atomic mass is 10.1. The molecule has 1 saturated heterocycles. The van der Waals surface area contributed by atoms with E-state index in [-0.39, 0.29) is 63.1 Å². The maximum Gasteiger partial charge on any atom is 0.490 e. The van der Waals surface area contributed by atoms with Gasteiger partial charge in [-0.25, -0.2) is 28.6 Å². The number of aliphatic hydroxyl groups is 2. The van der Waals surface area contributed by atoms with Gasteiger partial charge in [-0.1, -0.05) is 0 Å². The van der Waals surface area contributed by atoms with Crippen LogP contribution in [-0.4, -0.2) is 120 Å². The lowest BCUT2D eigenvalue weighted by Gasteiger charge is -2.19. The molecule has 2 aromatic rings. The van der Waals surface area contributed by atoms with Crippen molar-refractivity contribution in [3.63, 3.8) is 0 Å². The molecule has 0 bridgehead atoms. The van der Waals surface area contributed by atoms with Crippen LogP contribution in [0.3, 0.4) is 0 Å². The quantitative estimate of drug-likeness (QED) is 0.122. The van der Waals surface area contributed by atoms with Crippen molar-refractivity contribution in [3.05, 3.63) is 12.7 Å². The summed E-state index contributed by atoms with van der Waals surface area (Å²) < 4.78 is 51.9. The third-order valence-electron chi connectivity index (χ3n) is 3.82. The number of nitrogens with two attached hydrogens (primary N) is 1. The number of phosphoric ester groups is 1. The standard InChI is InChI=1S/C10H16N5O13P3.2Mg.4H/c11-8-5-9(13-2-12-8)15(3-14-5)10-7(17)6(16)4(26-10)1-25-30(21,22)28-31(23,24)27-29(18,19)20;;;;;;/h2-4,6-7,10,16-17H,1H2,(H,21,22)(H,23,24)(H2,11,12,13)(H2,18,19,20);;;;;;/t4-,6-,7-,10-;;;;;;/m1....../s1. The summed E-state index contributed by atoms with van der Waals surface area (Å²) in [6.07, 6.45) is -3.69. The van der Waals surface area contributed by atoms with Crippen LogP contribution in [-0.2, 0) is 31.6 Å². The molecule has 3 heterocycles. The molecule has 0 spiro atoms. The number of hydrogen-bond donors (Lipinski definition) is 7. The average Bonchev–Trinajstić information content (AvgIpc) is 3.13. The Kier molecular flexibility index (Phi) is 10.9. The van der Waals surface area contributed by atoms with Gasteiger partial charge in [0.15, 0.2) is 17.7 Å². The number of rotatable bonds is 8. The average molecular weight is 560 g/mol. The SMILES string of the molecule is Nc1ncnc2c1ncn2[C@@H]1O[C@H](COP(=O)(O)OP(=O)(O)OP(=O)(O)O)[C@@H](O)[C@H]1O.[MgH2].[MgH2]. The van der Waals surface area contributed by atoms with Crippen molar-refractivity contribution in [1.29, 1.82) is 0 Å². The van der Waals surface area contributed by atoms with E-state index < -0.39 is 54.6 Å². The first kappa shape index (κ1) is 31.2. The Balaban J connectivity index is 0.00000272. The lowest BCUT2D eigenvalue weighted by molar-refractivity contribution is -0.0503. The van der Waals surface area contributed by atoms with Crippen LogP contribution < -0.4 is 5.73 Å². The number of nitrogens with zero attached hydrogens (tertiary/aromatic N) is 4. The second kappa shape index (κ2) is 11.5. The Hall–Kier alpha value is 0.172. The van der Waals surface area contributed by atoms with Crippen molar-refractivity contribution < 1.29 is 61.4 Å². The molecule has 8 N–H and O–H groups in total. The predicted molar refractivity (Wildman–Crippen MR) is 113 cm³/mol. The molecule has 0 saturated carbocycles. The number of phosphoric acid groups is 3. The summed E-state index contributed by atoms with van der Waals surface area (Å²) in [6.45, 7) is -0.956. The van der Waals surface area contributed by atoms with Crippen molar-refractivity contribution in [2.75, 3.05) is 12.3 Å². The van der Waals surface area contributed by atoms with Crippen LogP contribution in [0.25, 0.3) is 11.2 Å². The minimum atomic E-state index is -5.70. The molecule has 182 valence electrons. The van der Waals surface area contributed by atoms with Crippen LogP contribution >= 0.6 is 23.5 Å². The number of aliphatic hydroxyl groups excluding tert-OH is 2. The molecule has 6 atom stereocenters. The maximum absolute atomic E-state index is 11.8. The molecular formula is C10H20Mg2N5O13P3. The van der Waals surface area contributed by atoms with E-state index in [0.717, 1.165) is 6.33 Å². The summed E-state index contributed by atoms with van der Waals surface area (Å²) in [7, 11) is -16.7. The molecule has 1 aliphatic rings. The van der Waals surface area contributed by atoms with Gasteiger partial charge in [0.05, 0.1) is 12.9 Å². The zero-order valence-electron chi connectivity index (χ0n) is 14.9. The fraction of sp³-hybridized carbons (Fsp3) is 0.500. The van der Waals surface area contributed by atoms with Crippen LogP contribution in [0, 0.1) is 0 Å². The molecule has 0 aromatic carbocycles. The molecule has 3 rings (SSSR count). The van der Waals surface area contributed by atoms with Crippen molar-refractivity contribution >= 4 is 86.6 Å². The third kappa shape index (κ3) is 7.83. The first-order valence-electron chi connectivity index (χ1n) is 7.92. The summed E-state index contributed by atoms with van der Waals surface area (Å²) in [5.74, 6) is 0.0426. The first-order chi connectivity index (χ1) is 14.2. The number of aromatic nitrogens is 4. The van der Waals surface area contributed by atoms with Gasteiger partial charge in [-0.05, 0) is 0 Å². The van der Waals surface area contributed by atoms with E-state index in [1.807, 2.05) is 0 Å². The second-order valence-corrected chi connectivity index (χ2v) is 10.4. The highest BCUT2D eigenvalue weighted by atomic mass is 31.3. The largest absolute Gasteiger partial charge is 0.490 e.